The molecule has 0 bridgehead atoms. The molecule has 2 aromatic carbocycles. The number of nitrogens with one attached hydrogen (secondary N) is 2. The third-order valence-electron chi connectivity index (χ3n) is 4.24. The number of aromatic nitrogens is 1. The number of hydrogen-bond acceptors (Lipinski definition) is 5. The molecule has 0 radical (unpaired) electrons. The van der Waals surface area contributed by atoms with Crippen LogP contribution in [0, 0.1) is 6.92 Å². The highest BCUT2D eigenvalue weighted by Crippen LogP contribution is 2.27. The zero-order valence-electron chi connectivity index (χ0n) is 16.2. The Morgan fingerprint density at radius 3 is 2.29 bits per heavy atom. The zero-order valence-corrected chi connectivity index (χ0v) is 16.2. The third kappa shape index (κ3) is 4.79. The molecule has 0 saturated heterocycles. The molecule has 1 aromatic heterocycles. The molecule has 3 aromatic rings. The van der Waals surface area contributed by atoms with Gasteiger partial charge < -0.3 is 20.1 Å². The van der Waals surface area contributed by atoms with Gasteiger partial charge in [0.1, 0.15) is 5.69 Å². The molecular weight excluding hydrogens is 354 g/mol. The van der Waals surface area contributed by atoms with Crippen molar-refractivity contribution in [3.05, 3.63) is 77.6 Å². The van der Waals surface area contributed by atoms with Crippen LogP contribution >= 0.6 is 0 Å². The second-order valence-electron chi connectivity index (χ2n) is 6.30. The minimum atomic E-state index is -0.239. The third-order valence-corrected chi connectivity index (χ3v) is 4.24. The van der Waals surface area contributed by atoms with Crippen molar-refractivity contribution in [2.45, 2.75) is 13.5 Å². The number of pyridine rings is 1. The summed E-state index contributed by atoms with van der Waals surface area (Å²) in [4.78, 5) is 16.6. The first-order valence-electron chi connectivity index (χ1n) is 8.88. The second-order valence-corrected chi connectivity index (χ2v) is 6.30. The smallest absolute Gasteiger partial charge is 0.270 e. The molecule has 0 aliphatic carbocycles. The van der Waals surface area contributed by atoms with Crippen LogP contribution in [0.3, 0.4) is 0 Å². The Kier molecular flexibility index (Phi) is 6.11. The van der Waals surface area contributed by atoms with E-state index in [0.29, 0.717) is 23.7 Å². The minimum absolute atomic E-state index is 0.239. The summed E-state index contributed by atoms with van der Waals surface area (Å²) in [6, 6.07) is 17.1. The van der Waals surface area contributed by atoms with Crippen LogP contribution in [0.1, 0.15) is 21.6 Å². The highest BCUT2D eigenvalue weighted by Gasteiger charge is 2.09. The Balaban J connectivity index is 1.59. The lowest BCUT2D eigenvalue weighted by molar-refractivity contribution is 0.0946. The van der Waals surface area contributed by atoms with Crippen LogP contribution in [0.25, 0.3) is 0 Å². The Bertz CT molecular complexity index is 938. The highest BCUT2D eigenvalue weighted by molar-refractivity contribution is 5.92. The number of carbonyl (C=O) groups is 1. The van der Waals surface area contributed by atoms with E-state index in [1.165, 1.54) is 5.56 Å². The maximum atomic E-state index is 12.4. The fraction of sp³-hybridized carbons (Fsp3) is 0.182. The van der Waals surface area contributed by atoms with Gasteiger partial charge in [-0.05, 0) is 48.9 Å². The first-order valence-corrected chi connectivity index (χ1v) is 8.88. The molecule has 0 aliphatic rings. The van der Waals surface area contributed by atoms with Crippen molar-refractivity contribution >= 4 is 17.3 Å². The van der Waals surface area contributed by atoms with Crippen molar-refractivity contribution < 1.29 is 14.3 Å². The van der Waals surface area contributed by atoms with E-state index in [1.807, 2.05) is 55.5 Å². The number of benzene rings is 2. The molecule has 3 rings (SSSR count). The molecule has 6 heteroatoms. The summed E-state index contributed by atoms with van der Waals surface area (Å²) in [7, 11) is 3.17. The van der Waals surface area contributed by atoms with Crippen molar-refractivity contribution in [2.75, 3.05) is 19.5 Å². The Morgan fingerprint density at radius 2 is 1.64 bits per heavy atom. The maximum absolute atomic E-state index is 12.4. The van der Waals surface area contributed by atoms with Gasteiger partial charge in [0.05, 0.1) is 26.1 Å². The van der Waals surface area contributed by atoms with Crippen LogP contribution in [0.2, 0.25) is 0 Å². The molecule has 28 heavy (non-hydrogen) atoms. The van der Waals surface area contributed by atoms with Crippen molar-refractivity contribution in [1.29, 1.82) is 0 Å². The summed E-state index contributed by atoms with van der Waals surface area (Å²) < 4.78 is 10.5. The molecule has 144 valence electrons. The molecule has 1 amide bonds. The van der Waals surface area contributed by atoms with Crippen LogP contribution < -0.4 is 20.1 Å². The molecule has 0 spiro atoms. The number of methoxy groups -OCH3 is 2. The van der Waals surface area contributed by atoms with E-state index in [-0.39, 0.29) is 5.91 Å². The maximum Gasteiger partial charge on any atom is 0.270 e. The van der Waals surface area contributed by atoms with Gasteiger partial charge in [-0.3, -0.25) is 4.79 Å². The number of hydrogen-bond donors (Lipinski definition) is 2. The fourth-order valence-electron chi connectivity index (χ4n) is 2.67. The Hall–Kier alpha value is -3.54. The number of amides is 1. The molecule has 0 atom stereocenters. The monoisotopic (exact) mass is 377 g/mol. The summed E-state index contributed by atoms with van der Waals surface area (Å²) >= 11 is 0. The van der Waals surface area contributed by atoms with Crippen molar-refractivity contribution in [1.82, 2.24) is 10.3 Å². The predicted octanol–water partition coefficient (Wildman–Crippen LogP) is 4.08. The summed E-state index contributed by atoms with van der Waals surface area (Å²) in [6.45, 7) is 2.41. The lowest BCUT2D eigenvalue weighted by Crippen LogP contribution is -2.23. The van der Waals surface area contributed by atoms with Gasteiger partial charge in [-0.2, -0.15) is 0 Å². The SMILES string of the molecule is COc1ccc(CNC(=O)c2ccc(Nc3ccc(C)cc3)cn2)cc1OC. The summed E-state index contributed by atoms with van der Waals surface area (Å²) in [6.07, 6.45) is 1.64. The summed E-state index contributed by atoms with van der Waals surface area (Å²) in [5.74, 6) is 1.03. The molecule has 6 nitrogen and oxygen atoms in total. The topological polar surface area (TPSA) is 72.5 Å². The standard InChI is InChI=1S/C22H23N3O3/c1-15-4-7-17(8-5-15)25-18-9-10-19(23-14-18)22(26)24-13-16-6-11-20(27-2)21(12-16)28-3/h4-12,14,25H,13H2,1-3H3,(H,24,26). The number of aryl methyl sites for hydroxylation is 1. The minimum Gasteiger partial charge on any atom is -0.493 e. The second kappa shape index (κ2) is 8.90. The molecule has 0 saturated carbocycles. The van der Waals surface area contributed by atoms with Crippen LogP contribution in [0.4, 0.5) is 11.4 Å². The molecule has 1 heterocycles. The van der Waals surface area contributed by atoms with E-state index in [1.54, 1.807) is 26.5 Å². The lowest BCUT2D eigenvalue weighted by Gasteiger charge is -2.10. The number of carbonyl (C=O) groups excluding carboxylic acids is 1. The normalized spacial score (nSPS) is 10.2. The first kappa shape index (κ1) is 19.2. The number of anilines is 2. The molecule has 0 fully saturated rings. The van der Waals surface area contributed by atoms with Crippen LogP contribution in [-0.2, 0) is 6.54 Å². The quantitative estimate of drug-likeness (QED) is 0.649. The Morgan fingerprint density at radius 1 is 0.929 bits per heavy atom. The molecular formula is C22H23N3O3. The lowest BCUT2D eigenvalue weighted by atomic mass is 10.2. The van der Waals surface area contributed by atoms with Crippen LogP contribution in [-0.4, -0.2) is 25.1 Å². The summed E-state index contributed by atoms with van der Waals surface area (Å²) in [5, 5.41) is 6.12. The van der Waals surface area contributed by atoms with Gasteiger partial charge in [-0.15, -0.1) is 0 Å². The highest BCUT2D eigenvalue weighted by atomic mass is 16.5. The van der Waals surface area contributed by atoms with Gasteiger partial charge in [0.2, 0.25) is 0 Å². The fourth-order valence-corrected chi connectivity index (χ4v) is 2.67. The van der Waals surface area contributed by atoms with E-state index >= 15 is 0 Å². The summed E-state index contributed by atoms with van der Waals surface area (Å²) in [5.41, 5.74) is 4.25. The van der Waals surface area contributed by atoms with Gasteiger partial charge in [0.25, 0.3) is 5.91 Å². The first-order chi connectivity index (χ1) is 13.6. The predicted molar refractivity (Wildman–Crippen MR) is 109 cm³/mol. The number of ether oxygens (including phenoxy) is 2. The van der Waals surface area contributed by atoms with Crippen molar-refractivity contribution in [3.63, 3.8) is 0 Å². The van der Waals surface area contributed by atoms with Crippen LogP contribution in [0.15, 0.2) is 60.8 Å². The number of nitrogens with zero attached hydrogens (tertiary/aromatic N) is 1. The molecule has 0 unspecified atom stereocenters. The van der Waals surface area contributed by atoms with Gasteiger partial charge in [-0.25, -0.2) is 4.98 Å². The van der Waals surface area contributed by atoms with E-state index in [2.05, 4.69) is 15.6 Å². The van der Waals surface area contributed by atoms with E-state index < -0.39 is 0 Å². The average Bonchev–Trinajstić information content (AvgIpc) is 2.74. The van der Waals surface area contributed by atoms with E-state index in [4.69, 9.17) is 9.47 Å². The molecule has 0 aliphatic heterocycles. The molecule has 2 N–H and O–H groups in total. The van der Waals surface area contributed by atoms with E-state index in [0.717, 1.165) is 16.9 Å². The van der Waals surface area contributed by atoms with Gasteiger partial charge >= 0.3 is 0 Å². The van der Waals surface area contributed by atoms with Crippen molar-refractivity contribution in [3.8, 4) is 11.5 Å². The number of rotatable bonds is 7. The Labute approximate surface area is 164 Å². The van der Waals surface area contributed by atoms with E-state index in [9.17, 15) is 4.79 Å². The van der Waals surface area contributed by atoms with Crippen molar-refractivity contribution in [2.24, 2.45) is 0 Å². The van der Waals surface area contributed by atoms with Gasteiger partial charge in [0, 0.05) is 12.2 Å². The zero-order chi connectivity index (χ0) is 19.9. The van der Waals surface area contributed by atoms with Crippen LogP contribution in [0.5, 0.6) is 11.5 Å². The largest absolute Gasteiger partial charge is 0.493 e. The van der Waals surface area contributed by atoms with Gasteiger partial charge in [0.15, 0.2) is 11.5 Å². The average molecular weight is 377 g/mol. The van der Waals surface area contributed by atoms with Gasteiger partial charge in [-0.1, -0.05) is 23.8 Å².